The highest BCUT2D eigenvalue weighted by Gasteiger charge is 2.09. The SMILES string of the molecule is Cc1nc(Cl)c(C)c(-c2ccc(Br)cc2)n1. The molecule has 0 radical (unpaired) electrons. The lowest BCUT2D eigenvalue weighted by atomic mass is 10.1. The molecule has 0 saturated carbocycles. The minimum absolute atomic E-state index is 0.519. The van der Waals surface area contributed by atoms with E-state index in [0.717, 1.165) is 21.3 Å². The molecule has 16 heavy (non-hydrogen) atoms. The maximum atomic E-state index is 6.04. The molecule has 1 aromatic heterocycles. The third-order valence-corrected chi connectivity index (χ3v) is 3.21. The Morgan fingerprint density at radius 2 is 1.69 bits per heavy atom. The normalized spacial score (nSPS) is 10.5. The van der Waals surface area contributed by atoms with Gasteiger partial charge in [-0.05, 0) is 26.0 Å². The summed E-state index contributed by atoms with van der Waals surface area (Å²) in [6.07, 6.45) is 0. The fraction of sp³-hybridized carbons (Fsp3) is 0.167. The summed E-state index contributed by atoms with van der Waals surface area (Å²) in [7, 11) is 0. The van der Waals surface area contributed by atoms with Gasteiger partial charge in [-0.1, -0.05) is 39.7 Å². The van der Waals surface area contributed by atoms with E-state index in [1.807, 2.05) is 38.1 Å². The van der Waals surface area contributed by atoms with Crippen molar-refractivity contribution in [1.82, 2.24) is 9.97 Å². The molecule has 0 N–H and O–H groups in total. The zero-order valence-corrected chi connectivity index (χ0v) is 11.3. The van der Waals surface area contributed by atoms with Crippen LogP contribution in [0.3, 0.4) is 0 Å². The first-order chi connectivity index (χ1) is 7.58. The van der Waals surface area contributed by atoms with Crippen molar-refractivity contribution in [3.63, 3.8) is 0 Å². The van der Waals surface area contributed by atoms with Crippen LogP contribution in [0.2, 0.25) is 5.15 Å². The lowest BCUT2D eigenvalue weighted by molar-refractivity contribution is 1.04. The first-order valence-electron chi connectivity index (χ1n) is 4.84. The van der Waals surface area contributed by atoms with E-state index in [0.29, 0.717) is 11.0 Å². The molecule has 0 saturated heterocycles. The molecule has 2 nitrogen and oxygen atoms in total. The molecule has 0 unspecified atom stereocenters. The number of hydrogen-bond donors (Lipinski definition) is 0. The summed E-state index contributed by atoms with van der Waals surface area (Å²) < 4.78 is 1.05. The van der Waals surface area contributed by atoms with Gasteiger partial charge in [-0.15, -0.1) is 0 Å². The van der Waals surface area contributed by atoms with E-state index in [-0.39, 0.29) is 0 Å². The Bertz CT molecular complexity index is 523. The molecular weight excluding hydrogens is 288 g/mol. The summed E-state index contributed by atoms with van der Waals surface area (Å²) >= 11 is 9.45. The van der Waals surface area contributed by atoms with Crippen molar-refractivity contribution in [2.24, 2.45) is 0 Å². The minimum atomic E-state index is 0.519. The molecule has 1 aromatic carbocycles. The lowest BCUT2D eigenvalue weighted by Crippen LogP contribution is -1.96. The molecule has 82 valence electrons. The fourth-order valence-corrected chi connectivity index (χ4v) is 1.96. The molecule has 0 spiro atoms. The summed E-state index contributed by atoms with van der Waals surface area (Å²) in [5, 5.41) is 0.519. The third kappa shape index (κ3) is 2.25. The summed E-state index contributed by atoms with van der Waals surface area (Å²) in [5.41, 5.74) is 2.85. The molecule has 0 aliphatic carbocycles. The minimum Gasteiger partial charge on any atom is -0.233 e. The van der Waals surface area contributed by atoms with Gasteiger partial charge in [0.25, 0.3) is 0 Å². The smallest absolute Gasteiger partial charge is 0.136 e. The van der Waals surface area contributed by atoms with Crippen LogP contribution in [0.5, 0.6) is 0 Å². The number of halogens is 2. The summed E-state index contributed by atoms with van der Waals surface area (Å²) in [6, 6.07) is 7.99. The molecule has 0 aliphatic heterocycles. The van der Waals surface area contributed by atoms with Crippen LogP contribution in [-0.2, 0) is 0 Å². The van der Waals surface area contributed by atoms with Crippen LogP contribution in [0.15, 0.2) is 28.7 Å². The topological polar surface area (TPSA) is 25.8 Å². The number of hydrogen-bond acceptors (Lipinski definition) is 2. The molecule has 4 heteroatoms. The highest BCUT2D eigenvalue weighted by Crippen LogP contribution is 2.26. The van der Waals surface area contributed by atoms with Gasteiger partial charge in [0.15, 0.2) is 0 Å². The van der Waals surface area contributed by atoms with Crippen molar-refractivity contribution < 1.29 is 0 Å². The number of aromatic nitrogens is 2. The monoisotopic (exact) mass is 296 g/mol. The number of aryl methyl sites for hydroxylation is 1. The van der Waals surface area contributed by atoms with Crippen LogP contribution in [0.4, 0.5) is 0 Å². The highest BCUT2D eigenvalue weighted by atomic mass is 79.9. The molecule has 0 amide bonds. The third-order valence-electron chi connectivity index (χ3n) is 2.32. The molecule has 0 bridgehead atoms. The van der Waals surface area contributed by atoms with Crippen molar-refractivity contribution in [2.75, 3.05) is 0 Å². The molecule has 1 heterocycles. The molecule has 2 rings (SSSR count). The quantitative estimate of drug-likeness (QED) is 0.738. The Labute approximate surface area is 108 Å². The van der Waals surface area contributed by atoms with Gasteiger partial charge >= 0.3 is 0 Å². The van der Waals surface area contributed by atoms with Gasteiger partial charge in [0.2, 0.25) is 0 Å². The van der Waals surface area contributed by atoms with Crippen LogP contribution in [0.1, 0.15) is 11.4 Å². The van der Waals surface area contributed by atoms with Crippen LogP contribution in [0.25, 0.3) is 11.3 Å². The summed E-state index contributed by atoms with van der Waals surface area (Å²) in [4.78, 5) is 8.54. The van der Waals surface area contributed by atoms with Crippen molar-refractivity contribution in [3.8, 4) is 11.3 Å². The average molecular weight is 298 g/mol. The van der Waals surface area contributed by atoms with Gasteiger partial charge in [0, 0.05) is 15.6 Å². The van der Waals surface area contributed by atoms with E-state index in [4.69, 9.17) is 11.6 Å². The van der Waals surface area contributed by atoms with Gasteiger partial charge in [-0.2, -0.15) is 0 Å². The van der Waals surface area contributed by atoms with Gasteiger partial charge in [0.05, 0.1) is 5.69 Å². The predicted octanol–water partition coefficient (Wildman–Crippen LogP) is 4.18. The maximum Gasteiger partial charge on any atom is 0.136 e. The van der Waals surface area contributed by atoms with Crippen molar-refractivity contribution in [2.45, 2.75) is 13.8 Å². The molecule has 0 fully saturated rings. The fourth-order valence-electron chi connectivity index (χ4n) is 1.48. The molecular formula is C12H10BrClN2. The maximum absolute atomic E-state index is 6.04. The summed E-state index contributed by atoms with van der Waals surface area (Å²) in [6.45, 7) is 3.77. The van der Waals surface area contributed by atoms with Crippen LogP contribution < -0.4 is 0 Å². The highest BCUT2D eigenvalue weighted by molar-refractivity contribution is 9.10. The van der Waals surface area contributed by atoms with Gasteiger partial charge in [0.1, 0.15) is 11.0 Å². The average Bonchev–Trinajstić information content (AvgIpc) is 2.25. The lowest BCUT2D eigenvalue weighted by Gasteiger charge is -2.07. The standard InChI is InChI=1S/C12H10BrClN2/c1-7-11(15-8(2)16-12(7)14)9-3-5-10(13)6-4-9/h3-6H,1-2H3. The van der Waals surface area contributed by atoms with Gasteiger partial charge in [-0.3, -0.25) is 0 Å². The van der Waals surface area contributed by atoms with Crippen LogP contribution in [-0.4, -0.2) is 9.97 Å². The molecule has 2 aromatic rings. The Hall–Kier alpha value is -0.930. The van der Waals surface area contributed by atoms with E-state index >= 15 is 0 Å². The van der Waals surface area contributed by atoms with Crippen LogP contribution >= 0.6 is 27.5 Å². The second-order valence-electron chi connectivity index (χ2n) is 3.54. The Morgan fingerprint density at radius 1 is 1.06 bits per heavy atom. The second kappa shape index (κ2) is 4.52. The first-order valence-corrected chi connectivity index (χ1v) is 6.01. The summed E-state index contributed by atoms with van der Waals surface area (Å²) in [5.74, 6) is 0.688. The number of benzene rings is 1. The van der Waals surface area contributed by atoms with Crippen LogP contribution in [0, 0.1) is 13.8 Å². The second-order valence-corrected chi connectivity index (χ2v) is 4.82. The van der Waals surface area contributed by atoms with E-state index in [1.165, 1.54) is 0 Å². The Balaban J connectivity index is 2.59. The van der Waals surface area contributed by atoms with E-state index in [1.54, 1.807) is 0 Å². The van der Waals surface area contributed by atoms with E-state index in [2.05, 4.69) is 25.9 Å². The Morgan fingerprint density at radius 3 is 2.31 bits per heavy atom. The van der Waals surface area contributed by atoms with E-state index < -0.39 is 0 Å². The van der Waals surface area contributed by atoms with Gasteiger partial charge in [-0.25, -0.2) is 9.97 Å². The Kier molecular flexibility index (Phi) is 3.26. The predicted molar refractivity (Wildman–Crippen MR) is 69.7 cm³/mol. The molecule has 0 aliphatic rings. The van der Waals surface area contributed by atoms with Crippen molar-refractivity contribution >= 4 is 27.5 Å². The zero-order chi connectivity index (χ0) is 11.7. The van der Waals surface area contributed by atoms with E-state index in [9.17, 15) is 0 Å². The zero-order valence-electron chi connectivity index (χ0n) is 8.96. The largest absolute Gasteiger partial charge is 0.233 e. The number of nitrogens with zero attached hydrogens (tertiary/aromatic N) is 2. The van der Waals surface area contributed by atoms with Crippen molar-refractivity contribution in [3.05, 3.63) is 45.3 Å². The first kappa shape index (κ1) is 11.6. The number of rotatable bonds is 1. The van der Waals surface area contributed by atoms with Crippen molar-refractivity contribution in [1.29, 1.82) is 0 Å². The molecule has 0 atom stereocenters. The van der Waals surface area contributed by atoms with Gasteiger partial charge < -0.3 is 0 Å².